The van der Waals surface area contributed by atoms with E-state index >= 15 is 0 Å². The molecule has 3 aliphatic rings. The standard InChI is InChI=1S/C15H28N2/c16-15(9-2-1-3-10-15)12-17-13-6-11-14(13)7-4-5-8-14/h13,17H,1-12,16H2. The van der Waals surface area contributed by atoms with Crippen LogP contribution >= 0.6 is 0 Å². The summed E-state index contributed by atoms with van der Waals surface area (Å²) >= 11 is 0. The first-order valence-corrected chi connectivity index (χ1v) is 7.75. The van der Waals surface area contributed by atoms with E-state index in [0.717, 1.165) is 12.6 Å². The van der Waals surface area contributed by atoms with Gasteiger partial charge in [0.25, 0.3) is 0 Å². The summed E-state index contributed by atoms with van der Waals surface area (Å²) in [5.74, 6) is 0. The number of nitrogens with two attached hydrogens (primary N) is 1. The molecular formula is C15H28N2. The van der Waals surface area contributed by atoms with Crippen LogP contribution in [0.3, 0.4) is 0 Å². The van der Waals surface area contributed by atoms with Crippen molar-refractivity contribution in [2.45, 2.75) is 82.2 Å². The van der Waals surface area contributed by atoms with Gasteiger partial charge in [-0.25, -0.2) is 0 Å². The van der Waals surface area contributed by atoms with Crippen LogP contribution in [0.25, 0.3) is 0 Å². The average molecular weight is 236 g/mol. The first kappa shape index (κ1) is 12.0. The van der Waals surface area contributed by atoms with Crippen molar-refractivity contribution in [3.05, 3.63) is 0 Å². The van der Waals surface area contributed by atoms with Gasteiger partial charge in [-0.1, -0.05) is 32.1 Å². The van der Waals surface area contributed by atoms with Crippen LogP contribution in [0.2, 0.25) is 0 Å². The minimum atomic E-state index is 0.119. The molecule has 0 aromatic rings. The predicted molar refractivity (Wildman–Crippen MR) is 71.9 cm³/mol. The summed E-state index contributed by atoms with van der Waals surface area (Å²) in [5.41, 5.74) is 7.33. The van der Waals surface area contributed by atoms with Crippen molar-refractivity contribution in [1.82, 2.24) is 5.32 Å². The van der Waals surface area contributed by atoms with Crippen molar-refractivity contribution in [3.8, 4) is 0 Å². The van der Waals surface area contributed by atoms with Gasteiger partial charge in [-0.15, -0.1) is 0 Å². The third-order valence-electron chi connectivity index (χ3n) is 5.82. The molecule has 3 aliphatic carbocycles. The second-order valence-corrected chi connectivity index (χ2v) is 6.96. The average Bonchev–Trinajstić information content (AvgIpc) is 2.80. The van der Waals surface area contributed by atoms with Crippen molar-refractivity contribution in [2.75, 3.05) is 6.54 Å². The summed E-state index contributed by atoms with van der Waals surface area (Å²) < 4.78 is 0. The van der Waals surface area contributed by atoms with Gasteiger partial charge in [-0.05, 0) is 43.9 Å². The fraction of sp³-hybridized carbons (Fsp3) is 1.00. The van der Waals surface area contributed by atoms with Gasteiger partial charge in [0.2, 0.25) is 0 Å². The van der Waals surface area contributed by atoms with E-state index in [1.807, 2.05) is 0 Å². The smallest absolute Gasteiger partial charge is 0.0280 e. The Bertz CT molecular complexity index is 262. The van der Waals surface area contributed by atoms with Crippen LogP contribution < -0.4 is 11.1 Å². The van der Waals surface area contributed by atoms with Gasteiger partial charge in [-0.2, -0.15) is 0 Å². The van der Waals surface area contributed by atoms with E-state index in [4.69, 9.17) is 5.73 Å². The Hall–Kier alpha value is -0.0800. The monoisotopic (exact) mass is 236 g/mol. The van der Waals surface area contributed by atoms with Gasteiger partial charge in [-0.3, -0.25) is 0 Å². The molecule has 0 bridgehead atoms. The summed E-state index contributed by atoms with van der Waals surface area (Å²) in [6, 6.07) is 0.798. The lowest BCUT2D eigenvalue weighted by Gasteiger charge is -2.49. The molecule has 2 heteroatoms. The highest BCUT2D eigenvalue weighted by molar-refractivity contribution is 5.04. The van der Waals surface area contributed by atoms with E-state index < -0.39 is 0 Å². The zero-order valence-electron chi connectivity index (χ0n) is 11.1. The molecule has 1 spiro atoms. The highest BCUT2D eigenvalue weighted by Crippen LogP contribution is 2.53. The number of hydrogen-bond donors (Lipinski definition) is 2. The molecule has 0 aliphatic heterocycles. The summed E-state index contributed by atoms with van der Waals surface area (Å²) in [5, 5.41) is 3.84. The Labute approximate surface area is 106 Å². The Morgan fingerprint density at radius 1 is 0.882 bits per heavy atom. The fourth-order valence-corrected chi connectivity index (χ4v) is 4.45. The van der Waals surface area contributed by atoms with Crippen molar-refractivity contribution < 1.29 is 0 Å². The third-order valence-corrected chi connectivity index (χ3v) is 5.82. The predicted octanol–water partition coefficient (Wildman–Crippen LogP) is 2.96. The van der Waals surface area contributed by atoms with Crippen LogP contribution in [0.4, 0.5) is 0 Å². The molecule has 3 saturated carbocycles. The molecule has 1 atom stereocenters. The van der Waals surface area contributed by atoms with Gasteiger partial charge in [0, 0.05) is 18.1 Å². The summed E-state index contributed by atoms with van der Waals surface area (Å²) in [4.78, 5) is 0. The first-order chi connectivity index (χ1) is 8.23. The molecule has 98 valence electrons. The summed E-state index contributed by atoms with van der Waals surface area (Å²) in [6.07, 6.45) is 15.3. The van der Waals surface area contributed by atoms with Crippen LogP contribution in [0.1, 0.15) is 70.6 Å². The Morgan fingerprint density at radius 3 is 2.12 bits per heavy atom. The van der Waals surface area contributed by atoms with Crippen LogP contribution in [0.5, 0.6) is 0 Å². The molecule has 0 heterocycles. The molecule has 0 aromatic carbocycles. The van der Waals surface area contributed by atoms with Gasteiger partial charge >= 0.3 is 0 Å². The minimum absolute atomic E-state index is 0.119. The fourth-order valence-electron chi connectivity index (χ4n) is 4.45. The van der Waals surface area contributed by atoms with E-state index in [0.29, 0.717) is 5.41 Å². The van der Waals surface area contributed by atoms with Gasteiger partial charge < -0.3 is 11.1 Å². The zero-order valence-corrected chi connectivity index (χ0v) is 11.1. The van der Waals surface area contributed by atoms with Crippen molar-refractivity contribution in [2.24, 2.45) is 11.1 Å². The van der Waals surface area contributed by atoms with Crippen LogP contribution in [0, 0.1) is 5.41 Å². The number of hydrogen-bond acceptors (Lipinski definition) is 2. The van der Waals surface area contributed by atoms with Gasteiger partial charge in [0.05, 0.1) is 0 Å². The molecule has 3 fully saturated rings. The van der Waals surface area contributed by atoms with Gasteiger partial charge in [0.15, 0.2) is 0 Å². The van der Waals surface area contributed by atoms with Crippen LogP contribution in [-0.2, 0) is 0 Å². The van der Waals surface area contributed by atoms with Crippen molar-refractivity contribution >= 4 is 0 Å². The zero-order chi connectivity index (χ0) is 11.8. The molecule has 0 amide bonds. The highest BCUT2D eigenvalue weighted by atomic mass is 15.0. The van der Waals surface area contributed by atoms with E-state index in [-0.39, 0.29) is 5.54 Å². The maximum absolute atomic E-state index is 6.51. The summed E-state index contributed by atoms with van der Waals surface area (Å²) in [7, 11) is 0. The molecule has 3 rings (SSSR count). The van der Waals surface area contributed by atoms with E-state index in [2.05, 4.69) is 5.32 Å². The highest BCUT2D eigenvalue weighted by Gasteiger charge is 2.48. The largest absolute Gasteiger partial charge is 0.324 e. The lowest BCUT2D eigenvalue weighted by molar-refractivity contribution is 0.0656. The Balaban J connectivity index is 1.50. The lowest BCUT2D eigenvalue weighted by Crippen LogP contribution is -2.58. The van der Waals surface area contributed by atoms with E-state index in [1.54, 1.807) is 0 Å². The molecule has 1 unspecified atom stereocenters. The number of nitrogens with one attached hydrogen (secondary N) is 1. The van der Waals surface area contributed by atoms with E-state index in [1.165, 1.54) is 70.6 Å². The first-order valence-electron chi connectivity index (χ1n) is 7.75. The molecule has 0 saturated heterocycles. The Morgan fingerprint density at radius 2 is 1.53 bits per heavy atom. The third kappa shape index (κ3) is 2.26. The molecule has 17 heavy (non-hydrogen) atoms. The molecule has 0 aromatic heterocycles. The molecular weight excluding hydrogens is 208 g/mol. The second kappa shape index (κ2) is 4.55. The van der Waals surface area contributed by atoms with Crippen molar-refractivity contribution in [1.29, 1.82) is 0 Å². The maximum Gasteiger partial charge on any atom is 0.0280 e. The normalized spacial score (nSPS) is 34.8. The molecule has 3 N–H and O–H groups in total. The molecule has 2 nitrogen and oxygen atoms in total. The topological polar surface area (TPSA) is 38.0 Å². The minimum Gasteiger partial charge on any atom is -0.324 e. The number of rotatable bonds is 3. The van der Waals surface area contributed by atoms with E-state index in [9.17, 15) is 0 Å². The van der Waals surface area contributed by atoms with Crippen LogP contribution in [-0.4, -0.2) is 18.1 Å². The van der Waals surface area contributed by atoms with Crippen molar-refractivity contribution in [3.63, 3.8) is 0 Å². The SMILES string of the molecule is NC1(CNC2CCC23CCCC3)CCCCC1. The quantitative estimate of drug-likeness (QED) is 0.790. The van der Waals surface area contributed by atoms with Crippen LogP contribution in [0.15, 0.2) is 0 Å². The lowest BCUT2D eigenvalue weighted by atomic mass is 9.63. The van der Waals surface area contributed by atoms with Gasteiger partial charge in [0.1, 0.15) is 0 Å². The maximum atomic E-state index is 6.51. The molecule has 0 radical (unpaired) electrons. The Kier molecular flexibility index (Phi) is 3.20. The summed E-state index contributed by atoms with van der Waals surface area (Å²) in [6.45, 7) is 1.07. The second-order valence-electron chi connectivity index (χ2n) is 6.96.